The van der Waals surface area contributed by atoms with Crippen molar-refractivity contribution in [3.63, 3.8) is 0 Å². The quantitative estimate of drug-likeness (QED) is 0.686. The third-order valence-corrected chi connectivity index (χ3v) is 2.15. The number of methoxy groups -OCH3 is 1. The molecule has 0 radical (unpaired) electrons. The molecule has 13 heavy (non-hydrogen) atoms. The molecule has 68 valence electrons. The lowest BCUT2D eigenvalue weighted by molar-refractivity contribution is 0.417. The summed E-state index contributed by atoms with van der Waals surface area (Å²) in [6.45, 7) is 0. The van der Waals surface area contributed by atoms with E-state index in [9.17, 15) is 0 Å². The monoisotopic (exact) mass is 197 g/mol. The van der Waals surface area contributed by atoms with Gasteiger partial charge in [0.05, 0.1) is 18.3 Å². The first-order valence-electron chi connectivity index (χ1n) is 3.69. The van der Waals surface area contributed by atoms with E-state index in [0.717, 1.165) is 10.9 Å². The van der Waals surface area contributed by atoms with Gasteiger partial charge in [-0.05, 0) is 6.07 Å². The van der Waals surface area contributed by atoms with Crippen LogP contribution in [0.5, 0.6) is 5.75 Å². The van der Waals surface area contributed by atoms with Crippen LogP contribution in [0.1, 0.15) is 0 Å². The number of halogens is 1. The number of hydrogen-bond acceptors (Lipinski definition) is 3. The van der Waals surface area contributed by atoms with Crippen molar-refractivity contribution in [3.05, 3.63) is 17.3 Å². The van der Waals surface area contributed by atoms with E-state index in [-0.39, 0.29) is 0 Å². The topological polar surface area (TPSA) is 63.9 Å². The standard InChI is InChI=1S/C8H8ClN3O/c1-13-7-3-6-4(2-5(7)10)8(9)12-11-6/h2-3H,10H2,1H3,(H,11,12). The highest BCUT2D eigenvalue weighted by Gasteiger charge is 2.07. The van der Waals surface area contributed by atoms with Crippen molar-refractivity contribution in [3.8, 4) is 5.75 Å². The van der Waals surface area contributed by atoms with E-state index in [4.69, 9.17) is 22.1 Å². The zero-order valence-corrected chi connectivity index (χ0v) is 7.72. The van der Waals surface area contributed by atoms with Crippen LogP contribution in [0.2, 0.25) is 5.15 Å². The maximum atomic E-state index is 5.80. The Bertz CT molecular complexity index is 452. The van der Waals surface area contributed by atoms with Gasteiger partial charge in [-0.25, -0.2) is 0 Å². The maximum Gasteiger partial charge on any atom is 0.158 e. The van der Waals surface area contributed by atoms with Crippen LogP contribution in [-0.4, -0.2) is 17.3 Å². The van der Waals surface area contributed by atoms with Gasteiger partial charge in [0.25, 0.3) is 0 Å². The number of benzene rings is 1. The predicted octanol–water partition coefficient (Wildman–Crippen LogP) is 1.81. The zero-order chi connectivity index (χ0) is 9.42. The zero-order valence-electron chi connectivity index (χ0n) is 6.97. The number of ether oxygens (including phenoxy) is 1. The van der Waals surface area contributed by atoms with E-state index in [0.29, 0.717) is 16.6 Å². The number of H-pyrrole nitrogens is 1. The van der Waals surface area contributed by atoms with Crippen LogP contribution >= 0.6 is 11.6 Å². The molecule has 4 nitrogen and oxygen atoms in total. The highest BCUT2D eigenvalue weighted by atomic mass is 35.5. The summed E-state index contributed by atoms with van der Waals surface area (Å²) in [6, 6.07) is 3.50. The summed E-state index contributed by atoms with van der Waals surface area (Å²) < 4.78 is 5.05. The second-order valence-electron chi connectivity index (χ2n) is 2.65. The lowest BCUT2D eigenvalue weighted by Crippen LogP contribution is -1.91. The summed E-state index contributed by atoms with van der Waals surface area (Å²) in [5, 5.41) is 7.84. The van der Waals surface area contributed by atoms with Gasteiger partial charge in [0.1, 0.15) is 5.75 Å². The smallest absolute Gasteiger partial charge is 0.158 e. The molecule has 3 N–H and O–H groups in total. The van der Waals surface area contributed by atoms with E-state index in [1.807, 2.05) is 0 Å². The summed E-state index contributed by atoms with van der Waals surface area (Å²) >= 11 is 5.80. The fourth-order valence-electron chi connectivity index (χ4n) is 1.21. The normalized spacial score (nSPS) is 10.6. The first-order valence-corrected chi connectivity index (χ1v) is 4.07. The van der Waals surface area contributed by atoms with Gasteiger partial charge in [0.15, 0.2) is 5.15 Å². The van der Waals surface area contributed by atoms with E-state index >= 15 is 0 Å². The minimum atomic E-state index is 0.421. The molecule has 0 atom stereocenters. The highest BCUT2D eigenvalue weighted by Crippen LogP contribution is 2.29. The molecular formula is C8H8ClN3O. The molecule has 0 aliphatic rings. The molecule has 0 spiro atoms. The molecule has 0 aliphatic heterocycles. The Kier molecular flexibility index (Phi) is 1.77. The Morgan fingerprint density at radius 2 is 2.31 bits per heavy atom. The van der Waals surface area contributed by atoms with Crippen molar-refractivity contribution in [2.75, 3.05) is 12.8 Å². The Labute approximate surface area is 79.6 Å². The number of hydrogen-bond donors (Lipinski definition) is 2. The third-order valence-electron chi connectivity index (χ3n) is 1.87. The molecule has 1 heterocycles. The van der Waals surface area contributed by atoms with Gasteiger partial charge in [-0.1, -0.05) is 11.6 Å². The average molecular weight is 198 g/mol. The number of aromatic nitrogens is 2. The number of nitrogen functional groups attached to an aromatic ring is 1. The van der Waals surface area contributed by atoms with Gasteiger partial charge in [-0.2, -0.15) is 5.10 Å². The maximum absolute atomic E-state index is 5.80. The van der Waals surface area contributed by atoms with Gasteiger partial charge >= 0.3 is 0 Å². The molecule has 0 fully saturated rings. The van der Waals surface area contributed by atoms with Crippen LogP contribution in [0.3, 0.4) is 0 Å². The van der Waals surface area contributed by atoms with Crippen molar-refractivity contribution in [1.29, 1.82) is 0 Å². The van der Waals surface area contributed by atoms with Crippen molar-refractivity contribution >= 4 is 28.2 Å². The number of nitrogens with zero attached hydrogens (tertiary/aromatic N) is 1. The molecule has 1 aromatic heterocycles. The number of anilines is 1. The van der Waals surface area contributed by atoms with Gasteiger partial charge in [0.2, 0.25) is 0 Å². The number of nitrogens with one attached hydrogen (secondary N) is 1. The average Bonchev–Trinajstić information content (AvgIpc) is 2.47. The summed E-state index contributed by atoms with van der Waals surface area (Å²) in [6.07, 6.45) is 0. The molecule has 0 unspecified atom stereocenters. The molecule has 0 saturated carbocycles. The van der Waals surface area contributed by atoms with Crippen LogP contribution in [0, 0.1) is 0 Å². The molecule has 1 aromatic carbocycles. The summed E-state index contributed by atoms with van der Waals surface area (Å²) in [5.74, 6) is 0.618. The molecule has 0 amide bonds. The van der Waals surface area contributed by atoms with E-state index < -0.39 is 0 Å². The number of fused-ring (bicyclic) bond motifs is 1. The van der Waals surface area contributed by atoms with Crippen LogP contribution in [0.15, 0.2) is 12.1 Å². The summed E-state index contributed by atoms with van der Waals surface area (Å²) in [4.78, 5) is 0. The minimum absolute atomic E-state index is 0.421. The molecule has 0 aliphatic carbocycles. The van der Waals surface area contributed by atoms with Crippen LogP contribution in [0.4, 0.5) is 5.69 Å². The Morgan fingerprint density at radius 3 is 3.00 bits per heavy atom. The Balaban J connectivity index is 2.76. The number of nitrogens with two attached hydrogens (primary N) is 1. The molecule has 2 aromatic rings. The molecule has 5 heteroatoms. The van der Waals surface area contributed by atoms with E-state index in [1.165, 1.54) is 0 Å². The lowest BCUT2D eigenvalue weighted by Gasteiger charge is -2.03. The van der Waals surface area contributed by atoms with Crippen LogP contribution < -0.4 is 10.5 Å². The number of rotatable bonds is 1. The SMILES string of the molecule is COc1cc2[nH]nc(Cl)c2cc1N. The van der Waals surface area contributed by atoms with Crippen molar-refractivity contribution in [2.24, 2.45) is 0 Å². The molecule has 2 rings (SSSR count). The van der Waals surface area contributed by atoms with Crippen LogP contribution in [-0.2, 0) is 0 Å². The Morgan fingerprint density at radius 1 is 1.54 bits per heavy atom. The summed E-state index contributed by atoms with van der Waals surface area (Å²) in [7, 11) is 1.56. The second kappa shape index (κ2) is 2.81. The third kappa shape index (κ3) is 1.19. The van der Waals surface area contributed by atoms with Crippen molar-refractivity contribution in [1.82, 2.24) is 10.2 Å². The fraction of sp³-hybridized carbons (Fsp3) is 0.125. The highest BCUT2D eigenvalue weighted by molar-refractivity contribution is 6.34. The van der Waals surface area contributed by atoms with Crippen molar-refractivity contribution < 1.29 is 4.74 Å². The Hall–Kier alpha value is -1.42. The lowest BCUT2D eigenvalue weighted by atomic mass is 10.2. The second-order valence-corrected chi connectivity index (χ2v) is 3.01. The first kappa shape index (κ1) is 8.19. The molecule has 0 bridgehead atoms. The number of aromatic amines is 1. The summed E-state index contributed by atoms with van der Waals surface area (Å²) in [5.41, 5.74) is 7.07. The predicted molar refractivity (Wildman–Crippen MR) is 52.1 cm³/mol. The minimum Gasteiger partial charge on any atom is -0.495 e. The van der Waals surface area contributed by atoms with Crippen molar-refractivity contribution in [2.45, 2.75) is 0 Å². The molecule has 0 saturated heterocycles. The van der Waals surface area contributed by atoms with Gasteiger partial charge in [-0.15, -0.1) is 0 Å². The molecular weight excluding hydrogens is 190 g/mol. The first-order chi connectivity index (χ1) is 6.22. The van der Waals surface area contributed by atoms with E-state index in [2.05, 4.69) is 10.2 Å². The fourth-order valence-corrected chi connectivity index (χ4v) is 1.40. The van der Waals surface area contributed by atoms with Crippen LogP contribution in [0.25, 0.3) is 10.9 Å². The largest absolute Gasteiger partial charge is 0.495 e. The van der Waals surface area contributed by atoms with Gasteiger partial charge < -0.3 is 10.5 Å². The van der Waals surface area contributed by atoms with Gasteiger partial charge in [0, 0.05) is 11.5 Å². The van der Waals surface area contributed by atoms with Gasteiger partial charge in [-0.3, -0.25) is 5.10 Å². The van der Waals surface area contributed by atoms with E-state index in [1.54, 1.807) is 19.2 Å².